The van der Waals surface area contributed by atoms with Crippen molar-refractivity contribution in [2.24, 2.45) is 5.92 Å². The predicted molar refractivity (Wildman–Crippen MR) is 72.3 cm³/mol. The van der Waals surface area contributed by atoms with Crippen molar-refractivity contribution in [1.29, 1.82) is 0 Å². The second-order valence-electron chi connectivity index (χ2n) is 5.16. The highest BCUT2D eigenvalue weighted by Gasteiger charge is 2.31. The zero-order valence-electron chi connectivity index (χ0n) is 11.2. The summed E-state index contributed by atoms with van der Waals surface area (Å²) in [5.41, 5.74) is -1.20. The van der Waals surface area contributed by atoms with Gasteiger partial charge in [0.25, 0.3) is 11.6 Å². The molecule has 0 saturated heterocycles. The van der Waals surface area contributed by atoms with E-state index in [1.165, 1.54) is 11.9 Å². The summed E-state index contributed by atoms with van der Waals surface area (Å²) in [4.78, 5) is 23.4. The first-order valence-corrected chi connectivity index (χ1v) is 6.76. The molecule has 0 aromatic heterocycles. The molecule has 0 aliphatic heterocycles. The largest absolute Gasteiger partial charge is 0.341 e. The molecule has 5 nitrogen and oxygen atoms in total. The van der Waals surface area contributed by atoms with Gasteiger partial charge in [0.1, 0.15) is 5.56 Å². The minimum atomic E-state index is -1.36. The zero-order chi connectivity index (χ0) is 15.7. The maximum absolute atomic E-state index is 13.3. The van der Waals surface area contributed by atoms with Crippen molar-refractivity contribution < 1.29 is 18.5 Å². The van der Waals surface area contributed by atoms with E-state index in [1.807, 2.05) is 0 Å². The number of halogens is 3. The minimum absolute atomic E-state index is 0.0936. The van der Waals surface area contributed by atoms with E-state index in [9.17, 15) is 23.7 Å². The Hall–Kier alpha value is -1.76. The van der Waals surface area contributed by atoms with Gasteiger partial charge >= 0.3 is 0 Å². The molecule has 8 heteroatoms. The molecule has 114 valence electrons. The first kappa shape index (κ1) is 15.6. The van der Waals surface area contributed by atoms with Crippen molar-refractivity contribution in [3.8, 4) is 0 Å². The molecular weight excluding hydrogens is 306 g/mol. The van der Waals surface area contributed by atoms with Crippen molar-refractivity contribution in [3.05, 3.63) is 39.4 Å². The van der Waals surface area contributed by atoms with Gasteiger partial charge in [0, 0.05) is 19.0 Å². The van der Waals surface area contributed by atoms with E-state index in [1.54, 1.807) is 0 Å². The standard InChI is InChI=1S/C13H13ClF2N2O3/c1-17(6-7-2-8(14)3-7)13(19)9-4-10(15)11(16)5-12(9)18(20)21/h4-5,7-8H,2-3,6H2,1H3. The monoisotopic (exact) mass is 318 g/mol. The van der Waals surface area contributed by atoms with E-state index >= 15 is 0 Å². The molecule has 1 saturated carbocycles. The number of carbonyl (C=O) groups is 1. The summed E-state index contributed by atoms with van der Waals surface area (Å²) in [7, 11) is 1.47. The van der Waals surface area contributed by atoms with Crippen molar-refractivity contribution >= 4 is 23.2 Å². The Bertz CT molecular complexity index is 591. The lowest BCUT2D eigenvalue weighted by molar-refractivity contribution is -0.385. The Morgan fingerprint density at radius 2 is 2.00 bits per heavy atom. The lowest BCUT2D eigenvalue weighted by Crippen LogP contribution is -2.38. The second kappa shape index (κ2) is 5.93. The molecule has 0 spiro atoms. The number of rotatable bonds is 4. The van der Waals surface area contributed by atoms with Gasteiger partial charge < -0.3 is 4.90 Å². The van der Waals surface area contributed by atoms with Gasteiger partial charge in [0.05, 0.1) is 11.0 Å². The van der Waals surface area contributed by atoms with E-state index < -0.39 is 33.7 Å². The van der Waals surface area contributed by atoms with E-state index in [4.69, 9.17) is 11.6 Å². The Morgan fingerprint density at radius 1 is 1.43 bits per heavy atom. The number of benzene rings is 1. The average Bonchev–Trinajstić information content (AvgIpc) is 2.38. The Kier molecular flexibility index (Phi) is 4.41. The first-order chi connectivity index (χ1) is 9.79. The lowest BCUT2D eigenvalue weighted by atomic mass is 9.84. The van der Waals surface area contributed by atoms with Crippen LogP contribution in [-0.4, -0.2) is 34.7 Å². The summed E-state index contributed by atoms with van der Waals surface area (Å²) >= 11 is 5.84. The Balaban J connectivity index is 2.21. The van der Waals surface area contributed by atoms with Crippen LogP contribution < -0.4 is 0 Å². The average molecular weight is 319 g/mol. The smallest absolute Gasteiger partial charge is 0.285 e. The molecule has 1 amide bonds. The summed E-state index contributed by atoms with van der Waals surface area (Å²) in [5.74, 6) is -3.13. The summed E-state index contributed by atoms with van der Waals surface area (Å²) in [6.45, 7) is 0.373. The molecule has 2 rings (SSSR count). The highest BCUT2D eigenvalue weighted by atomic mass is 35.5. The van der Waals surface area contributed by atoms with E-state index in [-0.39, 0.29) is 11.3 Å². The molecular formula is C13H13ClF2N2O3. The number of hydrogen-bond acceptors (Lipinski definition) is 3. The van der Waals surface area contributed by atoms with E-state index in [0.29, 0.717) is 18.7 Å². The molecule has 1 aromatic rings. The molecule has 0 unspecified atom stereocenters. The third-order valence-corrected chi connectivity index (χ3v) is 3.88. The number of nitro benzene ring substituents is 1. The van der Waals surface area contributed by atoms with Gasteiger partial charge in [-0.25, -0.2) is 8.78 Å². The van der Waals surface area contributed by atoms with Crippen LogP contribution in [0.1, 0.15) is 23.2 Å². The number of carbonyl (C=O) groups excluding carboxylic acids is 1. The fraction of sp³-hybridized carbons (Fsp3) is 0.462. The molecule has 0 bridgehead atoms. The Morgan fingerprint density at radius 3 is 2.52 bits per heavy atom. The fourth-order valence-electron chi connectivity index (χ4n) is 2.34. The quantitative estimate of drug-likeness (QED) is 0.487. The zero-order valence-corrected chi connectivity index (χ0v) is 11.9. The third-order valence-electron chi connectivity index (χ3n) is 3.52. The van der Waals surface area contributed by atoms with Crippen LogP contribution in [0.3, 0.4) is 0 Å². The van der Waals surface area contributed by atoms with Crippen LogP contribution in [-0.2, 0) is 0 Å². The molecule has 0 N–H and O–H groups in total. The maximum atomic E-state index is 13.3. The molecule has 21 heavy (non-hydrogen) atoms. The van der Waals surface area contributed by atoms with Crippen LogP contribution >= 0.6 is 11.6 Å². The van der Waals surface area contributed by atoms with Crippen molar-refractivity contribution in [2.75, 3.05) is 13.6 Å². The molecule has 1 aliphatic rings. The number of nitro groups is 1. The molecule has 1 aliphatic carbocycles. The fourth-order valence-corrected chi connectivity index (χ4v) is 2.84. The normalized spacial score (nSPS) is 20.8. The van der Waals surface area contributed by atoms with Crippen molar-refractivity contribution in [1.82, 2.24) is 4.90 Å². The van der Waals surface area contributed by atoms with Crippen molar-refractivity contribution in [2.45, 2.75) is 18.2 Å². The second-order valence-corrected chi connectivity index (χ2v) is 5.78. The van der Waals surface area contributed by atoms with Gasteiger partial charge in [-0.2, -0.15) is 0 Å². The molecule has 0 radical (unpaired) electrons. The third kappa shape index (κ3) is 3.29. The summed E-state index contributed by atoms with van der Waals surface area (Å²) in [5, 5.41) is 11.0. The minimum Gasteiger partial charge on any atom is -0.341 e. The topological polar surface area (TPSA) is 63.5 Å². The van der Waals surface area contributed by atoms with Gasteiger partial charge in [0.15, 0.2) is 11.6 Å². The highest BCUT2D eigenvalue weighted by molar-refractivity contribution is 6.21. The molecule has 1 fully saturated rings. The molecule has 0 heterocycles. The van der Waals surface area contributed by atoms with Crippen LogP contribution in [0.5, 0.6) is 0 Å². The summed E-state index contributed by atoms with van der Waals surface area (Å²) in [6.07, 6.45) is 1.53. The van der Waals surface area contributed by atoms with Crippen LogP contribution in [0.2, 0.25) is 0 Å². The van der Waals surface area contributed by atoms with Gasteiger partial charge in [-0.1, -0.05) is 0 Å². The maximum Gasteiger partial charge on any atom is 0.285 e. The molecule has 1 aromatic carbocycles. The lowest BCUT2D eigenvalue weighted by Gasteiger charge is -2.34. The SMILES string of the molecule is CN(CC1CC(Cl)C1)C(=O)c1cc(F)c(F)cc1[N+](=O)[O-]. The van der Waals surface area contributed by atoms with Crippen LogP contribution in [0.4, 0.5) is 14.5 Å². The van der Waals surface area contributed by atoms with Gasteiger partial charge in [-0.05, 0) is 24.8 Å². The van der Waals surface area contributed by atoms with Crippen LogP contribution in [0.15, 0.2) is 12.1 Å². The van der Waals surface area contributed by atoms with Gasteiger partial charge in [0.2, 0.25) is 0 Å². The van der Waals surface area contributed by atoms with E-state index in [0.717, 1.165) is 12.8 Å². The van der Waals surface area contributed by atoms with E-state index in [2.05, 4.69) is 0 Å². The number of alkyl halides is 1. The Labute approximate surface area is 124 Å². The predicted octanol–water partition coefficient (Wildman–Crippen LogP) is 2.96. The first-order valence-electron chi connectivity index (χ1n) is 6.32. The van der Waals surface area contributed by atoms with Crippen molar-refractivity contribution in [3.63, 3.8) is 0 Å². The van der Waals surface area contributed by atoms with Gasteiger partial charge in [-0.3, -0.25) is 14.9 Å². The summed E-state index contributed by atoms with van der Waals surface area (Å²) in [6, 6.07) is 0.992. The summed E-state index contributed by atoms with van der Waals surface area (Å²) < 4.78 is 26.3. The van der Waals surface area contributed by atoms with Crippen LogP contribution in [0.25, 0.3) is 0 Å². The van der Waals surface area contributed by atoms with Gasteiger partial charge in [-0.15, -0.1) is 11.6 Å². The number of hydrogen-bond donors (Lipinski definition) is 0. The highest BCUT2D eigenvalue weighted by Crippen LogP contribution is 2.33. The molecule has 0 atom stereocenters. The number of amides is 1. The van der Waals surface area contributed by atoms with Crippen LogP contribution in [0, 0.1) is 27.7 Å². The number of nitrogens with zero attached hydrogens (tertiary/aromatic N) is 2.